The third-order valence-corrected chi connectivity index (χ3v) is 8.92. The fraction of sp³-hybridized carbons (Fsp3) is 0.536. The number of fused-ring (bicyclic) bond motifs is 1. The maximum Gasteiger partial charge on any atom is 0.350 e. The number of hydrogen-bond acceptors (Lipinski definition) is 12. The Morgan fingerprint density at radius 3 is 2.46 bits per heavy atom. The first kappa shape index (κ1) is 37.6. The molecule has 0 aliphatic carbocycles. The van der Waals surface area contributed by atoms with Gasteiger partial charge in [0.05, 0.1) is 52.1 Å². The third kappa shape index (κ3) is 9.59. The third-order valence-electron chi connectivity index (χ3n) is 7.25. The minimum atomic E-state index is -5.27. The molecule has 4 N–H and O–H groups in total. The summed E-state index contributed by atoms with van der Waals surface area (Å²) >= 11 is 1.32. The SMILES string of the molecule is CC[NH+](CC)CC.COc1cc(CO)c2sc(COC(=O)Cc3ccn([C@@H]4O[C@H](COP(=O)([O-])O)[C@@H](O)C4(F)F)c(=O)n3)cc2c1. The van der Waals surface area contributed by atoms with Crippen LogP contribution in [0.25, 0.3) is 10.1 Å². The average molecular weight is 694 g/mol. The number of benzene rings is 1. The molecular formula is C28H38F2N3O11PS. The van der Waals surface area contributed by atoms with E-state index in [1.165, 1.54) is 38.1 Å². The number of halogens is 2. The Labute approximate surface area is 267 Å². The summed E-state index contributed by atoms with van der Waals surface area (Å²) < 4.78 is 60.4. The van der Waals surface area contributed by atoms with Gasteiger partial charge >= 0.3 is 17.6 Å². The van der Waals surface area contributed by atoms with Crippen molar-refractivity contribution in [3.63, 3.8) is 0 Å². The predicted molar refractivity (Wildman–Crippen MR) is 160 cm³/mol. The van der Waals surface area contributed by atoms with Crippen LogP contribution in [0.2, 0.25) is 0 Å². The number of rotatable bonds is 13. The van der Waals surface area contributed by atoms with Crippen molar-refractivity contribution in [1.29, 1.82) is 0 Å². The van der Waals surface area contributed by atoms with Gasteiger partial charge in [0, 0.05) is 15.8 Å². The predicted octanol–water partition coefficient (Wildman–Crippen LogP) is 0.547. The highest BCUT2D eigenvalue weighted by Gasteiger charge is 2.59. The van der Waals surface area contributed by atoms with Crippen LogP contribution < -0.4 is 20.2 Å². The number of carbonyl (C=O) groups excluding carboxylic acids is 1. The molecular weight excluding hydrogens is 655 g/mol. The molecule has 0 saturated carbocycles. The van der Waals surface area contributed by atoms with Gasteiger partial charge in [-0.05, 0) is 56.0 Å². The molecule has 4 rings (SSSR count). The van der Waals surface area contributed by atoms with Crippen molar-refractivity contribution < 1.29 is 61.8 Å². The Bertz CT molecular complexity index is 1570. The Morgan fingerprint density at radius 2 is 1.91 bits per heavy atom. The van der Waals surface area contributed by atoms with Gasteiger partial charge in [0.2, 0.25) is 6.23 Å². The number of aromatic nitrogens is 2. The lowest BCUT2D eigenvalue weighted by atomic mass is 10.1. The number of alkyl halides is 2. The molecule has 1 aromatic carbocycles. The number of nitrogens with one attached hydrogen (secondary N) is 1. The molecule has 0 bridgehead atoms. The fourth-order valence-electron chi connectivity index (χ4n) is 4.65. The molecule has 1 unspecified atom stereocenters. The molecule has 3 aromatic rings. The van der Waals surface area contributed by atoms with Gasteiger partial charge in [0.1, 0.15) is 18.5 Å². The fourth-order valence-corrected chi connectivity index (χ4v) is 6.05. The minimum absolute atomic E-state index is 0.0841. The van der Waals surface area contributed by atoms with E-state index in [0.29, 0.717) is 20.8 Å². The number of nitrogens with zero attached hydrogens (tertiary/aromatic N) is 2. The van der Waals surface area contributed by atoms with Gasteiger partial charge in [-0.2, -0.15) is 13.8 Å². The first-order valence-corrected chi connectivity index (χ1v) is 16.7. The number of thiophene rings is 1. The first-order chi connectivity index (χ1) is 21.7. The lowest BCUT2D eigenvalue weighted by Crippen LogP contribution is -3.11. The molecule has 18 heteroatoms. The van der Waals surface area contributed by atoms with Crippen molar-refractivity contribution in [2.75, 3.05) is 33.4 Å². The monoisotopic (exact) mass is 693 g/mol. The quantitative estimate of drug-likeness (QED) is 0.144. The van der Waals surface area contributed by atoms with Crippen LogP contribution in [0.3, 0.4) is 0 Å². The number of carbonyl (C=O) groups is 1. The van der Waals surface area contributed by atoms with Crippen LogP contribution in [0.5, 0.6) is 5.75 Å². The van der Waals surface area contributed by atoms with Crippen molar-refractivity contribution in [2.45, 2.75) is 64.8 Å². The molecule has 2 aromatic heterocycles. The normalized spacial score (nSPS) is 20.3. The largest absolute Gasteiger partial charge is 0.756 e. The number of aliphatic hydroxyl groups excluding tert-OH is 2. The Morgan fingerprint density at radius 1 is 1.24 bits per heavy atom. The highest BCUT2D eigenvalue weighted by atomic mass is 32.1. The van der Waals surface area contributed by atoms with Crippen LogP contribution in [0.15, 0.2) is 35.3 Å². The highest BCUT2D eigenvalue weighted by molar-refractivity contribution is 7.44. The molecule has 3 heterocycles. The minimum Gasteiger partial charge on any atom is -0.756 e. The Balaban J connectivity index is 0.000000738. The van der Waals surface area contributed by atoms with E-state index in [2.05, 4.69) is 30.3 Å². The molecule has 46 heavy (non-hydrogen) atoms. The summed E-state index contributed by atoms with van der Waals surface area (Å²) in [5.41, 5.74) is -0.664. The van der Waals surface area contributed by atoms with Crippen LogP contribution in [0, 0.1) is 0 Å². The van der Waals surface area contributed by atoms with Gasteiger partial charge in [0.25, 0.3) is 7.82 Å². The molecule has 14 nitrogen and oxygen atoms in total. The van der Waals surface area contributed by atoms with Gasteiger partial charge in [-0.15, -0.1) is 11.3 Å². The second-order valence-electron chi connectivity index (χ2n) is 10.2. The number of methoxy groups -OCH3 is 1. The van der Waals surface area contributed by atoms with Gasteiger partial charge in [-0.3, -0.25) is 13.9 Å². The summed E-state index contributed by atoms with van der Waals surface area (Å²) in [7, 11) is -3.77. The van der Waals surface area contributed by atoms with Crippen molar-refractivity contribution in [2.24, 2.45) is 0 Å². The zero-order valence-corrected chi connectivity index (χ0v) is 27.4. The summed E-state index contributed by atoms with van der Waals surface area (Å²) in [4.78, 5) is 50.1. The number of quaternary nitrogens is 1. The summed E-state index contributed by atoms with van der Waals surface area (Å²) in [5, 5.41) is 20.2. The molecule has 1 fully saturated rings. The zero-order valence-electron chi connectivity index (χ0n) is 25.7. The van der Waals surface area contributed by atoms with E-state index in [4.69, 9.17) is 19.1 Å². The molecule has 256 valence electrons. The number of phosphoric ester groups is 1. The second kappa shape index (κ2) is 16.3. The molecule has 0 radical (unpaired) electrons. The standard InChI is InChI=1S/C22H23F2N2O11PS.C6H15N/c1-34-14-4-11-6-15(39-18(11)12(5-14)8-27)9-35-17(28)7-13-2-3-26(21(30)25-13)20-22(23,24)19(29)16(37-20)10-36-38(31,32)33;1-4-7(5-2)6-3/h2-6,16,19-20,27,29H,7-10H2,1H3,(H2,31,32,33);4-6H2,1-3H3/t16-,19-,20-;/m1./s1. The van der Waals surface area contributed by atoms with Crippen molar-refractivity contribution in [3.05, 3.63) is 57.1 Å². The maximum absolute atomic E-state index is 14.6. The van der Waals surface area contributed by atoms with E-state index in [0.717, 1.165) is 22.3 Å². The zero-order chi connectivity index (χ0) is 34.2. The number of esters is 1. The van der Waals surface area contributed by atoms with E-state index in [1.807, 2.05) is 0 Å². The smallest absolute Gasteiger partial charge is 0.350 e. The molecule has 1 aliphatic rings. The maximum atomic E-state index is 14.6. The average Bonchev–Trinajstić information content (AvgIpc) is 3.52. The van der Waals surface area contributed by atoms with E-state index < -0.39 is 56.9 Å². The number of ether oxygens (including phenoxy) is 3. The van der Waals surface area contributed by atoms with Gasteiger partial charge in [0.15, 0.2) is 6.10 Å². The first-order valence-electron chi connectivity index (χ1n) is 14.3. The highest BCUT2D eigenvalue weighted by Crippen LogP contribution is 2.43. The number of phosphoric acid groups is 1. The van der Waals surface area contributed by atoms with E-state index >= 15 is 0 Å². The molecule has 4 atom stereocenters. The lowest BCUT2D eigenvalue weighted by Gasteiger charge is -2.21. The summed E-state index contributed by atoms with van der Waals surface area (Å²) in [6.07, 6.45) is -6.37. The summed E-state index contributed by atoms with van der Waals surface area (Å²) in [6.45, 7) is 9.06. The van der Waals surface area contributed by atoms with E-state index in [1.54, 1.807) is 23.1 Å². The topological polar surface area (TPSA) is 194 Å². The van der Waals surface area contributed by atoms with Crippen molar-refractivity contribution in [3.8, 4) is 5.75 Å². The second-order valence-corrected chi connectivity index (χ2v) is 12.6. The van der Waals surface area contributed by atoms with Crippen LogP contribution >= 0.6 is 19.2 Å². The van der Waals surface area contributed by atoms with E-state index in [-0.39, 0.29) is 18.9 Å². The van der Waals surface area contributed by atoms with Crippen LogP contribution in [-0.4, -0.2) is 82.1 Å². The van der Waals surface area contributed by atoms with Crippen molar-refractivity contribution in [1.82, 2.24) is 9.55 Å². The Kier molecular flexibility index (Phi) is 13.3. The van der Waals surface area contributed by atoms with Gasteiger partial charge < -0.3 is 43.6 Å². The molecule has 0 amide bonds. The van der Waals surface area contributed by atoms with Crippen LogP contribution in [0.1, 0.15) is 43.1 Å². The van der Waals surface area contributed by atoms with Gasteiger partial charge in [-0.25, -0.2) is 4.79 Å². The molecule has 0 spiro atoms. The summed E-state index contributed by atoms with van der Waals surface area (Å²) in [6, 6.07) is 6.36. The number of hydrogen-bond donors (Lipinski definition) is 4. The lowest BCUT2D eigenvalue weighted by molar-refractivity contribution is -0.894. The molecule has 1 aliphatic heterocycles. The number of aliphatic hydroxyl groups is 2. The van der Waals surface area contributed by atoms with Crippen molar-refractivity contribution >= 4 is 35.2 Å². The Hall–Kier alpha value is -2.86. The van der Waals surface area contributed by atoms with E-state index in [9.17, 15) is 38.0 Å². The van der Waals surface area contributed by atoms with Gasteiger partial charge in [-0.1, -0.05) is 0 Å². The van der Waals surface area contributed by atoms with Crippen LogP contribution in [-0.2, 0) is 43.0 Å². The summed E-state index contributed by atoms with van der Waals surface area (Å²) in [5.74, 6) is -4.24. The molecule has 1 saturated heterocycles. The van der Waals surface area contributed by atoms with Crippen LogP contribution in [0.4, 0.5) is 8.78 Å².